The maximum atomic E-state index is 10.9. The van der Waals surface area contributed by atoms with Crippen LogP contribution in [0.1, 0.15) is 31.4 Å². The summed E-state index contributed by atoms with van der Waals surface area (Å²) in [5.74, 6) is 1.21. The van der Waals surface area contributed by atoms with Crippen LogP contribution in [0.4, 0.5) is 0 Å². The van der Waals surface area contributed by atoms with E-state index < -0.39 is 0 Å². The Bertz CT molecular complexity index is 847. The summed E-state index contributed by atoms with van der Waals surface area (Å²) in [5, 5.41) is 16.8. The molecular formula is C20H22N4O3. The van der Waals surface area contributed by atoms with Crippen molar-refractivity contribution in [3.63, 3.8) is 0 Å². The predicted octanol–water partition coefficient (Wildman–Crippen LogP) is 3.67. The number of carbonyl (C=O) groups is 1. The second kappa shape index (κ2) is 9.49. The molecule has 7 nitrogen and oxygen atoms in total. The Hall–Kier alpha value is -3.19. The van der Waals surface area contributed by atoms with Gasteiger partial charge in [0.15, 0.2) is 0 Å². The maximum Gasteiger partial charge on any atom is 0.243 e. The average Bonchev–Trinajstić information content (AvgIpc) is 3.18. The minimum atomic E-state index is -0.347. The smallest absolute Gasteiger partial charge is 0.243 e. The molecule has 140 valence electrons. The van der Waals surface area contributed by atoms with E-state index in [9.17, 15) is 4.79 Å². The Kier molecular flexibility index (Phi) is 6.54. The van der Waals surface area contributed by atoms with Crippen LogP contribution < -0.4 is 10.2 Å². The van der Waals surface area contributed by atoms with Crippen LogP contribution in [-0.2, 0) is 11.2 Å². The summed E-state index contributed by atoms with van der Waals surface area (Å²) in [6.07, 6.45) is 5.60. The fourth-order valence-electron chi connectivity index (χ4n) is 2.66. The third-order valence-electron chi connectivity index (χ3n) is 4.08. The number of ether oxygens (including phenoxy) is 1. The third kappa shape index (κ3) is 5.65. The van der Waals surface area contributed by atoms with Crippen LogP contribution in [0.5, 0.6) is 11.5 Å². The number of unbranched alkanes of at least 4 members (excludes halogenated alkanes) is 2. The number of hydroxylamine groups is 1. The number of para-hydroxylation sites is 1. The zero-order valence-electron chi connectivity index (χ0n) is 14.9. The third-order valence-corrected chi connectivity index (χ3v) is 4.08. The van der Waals surface area contributed by atoms with Crippen molar-refractivity contribution in [3.05, 3.63) is 66.5 Å². The molecule has 1 aromatic heterocycles. The van der Waals surface area contributed by atoms with Gasteiger partial charge in [-0.2, -0.15) is 0 Å². The summed E-state index contributed by atoms with van der Waals surface area (Å²) < 4.78 is 7.52. The molecule has 0 radical (unpaired) electrons. The Morgan fingerprint density at radius 2 is 1.74 bits per heavy atom. The minimum absolute atomic E-state index is 0.334. The highest BCUT2D eigenvalue weighted by atomic mass is 16.5. The van der Waals surface area contributed by atoms with Crippen LogP contribution in [0.2, 0.25) is 0 Å². The summed E-state index contributed by atoms with van der Waals surface area (Å²) in [6.45, 7) is 0. The molecule has 3 aromatic rings. The number of amides is 1. The molecule has 0 aliphatic heterocycles. The molecule has 0 fully saturated rings. The van der Waals surface area contributed by atoms with Gasteiger partial charge in [-0.3, -0.25) is 10.0 Å². The van der Waals surface area contributed by atoms with Crippen LogP contribution in [-0.4, -0.2) is 26.1 Å². The van der Waals surface area contributed by atoms with Crippen molar-refractivity contribution in [2.45, 2.75) is 32.1 Å². The first-order valence-electron chi connectivity index (χ1n) is 8.92. The molecular weight excluding hydrogens is 344 g/mol. The Morgan fingerprint density at radius 1 is 1.00 bits per heavy atom. The van der Waals surface area contributed by atoms with Gasteiger partial charge in [0, 0.05) is 6.42 Å². The summed E-state index contributed by atoms with van der Waals surface area (Å²) >= 11 is 0. The highest BCUT2D eigenvalue weighted by molar-refractivity contribution is 5.74. The van der Waals surface area contributed by atoms with Gasteiger partial charge in [0.25, 0.3) is 0 Å². The number of benzene rings is 2. The molecule has 2 aromatic carbocycles. The largest absolute Gasteiger partial charge is 0.457 e. The Morgan fingerprint density at radius 3 is 2.48 bits per heavy atom. The van der Waals surface area contributed by atoms with Crippen LogP contribution >= 0.6 is 0 Å². The average molecular weight is 366 g/mol. The van der Waals surface area contributed by atoms with E-state index in [0.717, 1.165) is 48.6 Å². The summed E-state index contributed by atoms with van der Waals surface area (Å²) in [6, 6.07) is 17.3. The van der Waals surface area contributed by atoms with Crippen molar-refractivity contribution in [1.29, 1.82) is 0 Å². The highest BCUT2D eigenvalue weighted by Crippen LogP contribution is 2.22. The zero-order chi connectivity index (χ0) is 18.9. The van der Waals surface area contributed by atoms with Gasteiger partial charge in [0.05, 0.1) is 17.6 Å². The predicted molar refractivity (Wildman–Crippen MR) is 100.0 cm³/mol. The molecule has 0 saturated heterocycles. The molecule has 0 bridgehead atoms. The normalized spacial score (nSPS) is 10.6. The van der Waals surface area contributed by atoms with Gasteiger partial charge in [0.1, 0.15) is 11.5 Å². The number of nitrogens with one attached hydrogen (secondary N) is 1. The first kappa shape index (κ1) is 18.6. The molecule has 2 N–H and O–H groups in total. The zero-order valence-corrected chi connectivity index (χ0v) is 14.9. The Balaban J connectivity index is 1.49. The van der Waals surface area contributed by atoms with Gasteiger partial charge in [-0.25, -0.2) is 10.2 Å². The minimum Gasteiger partial charge on any atom is -0.457 e. The number of hydrogen-bond donors (Lipinski definition) is 2. The lowest BCUT2D eigenvalue weighted by atomic mass is 10.1. The van der Waals surface area contributed by atoms with E-state index in [1.165, 1.54) is 0 Å². The van der Waals surface area contributed by atoms with E-state index in [0.29, 0.717) is 6.42 Å². The van der Waals surface area contributed by atoms with Gasteiger partial charge in [-0.1, -0.05) is 29.8 Å². The van der Waals surface area contributed by atoms with Crippen molar-refractivity contribution in [1.82, 2.24) is 20.5 Å². The molecule has 0 atom stereocenters. The number of aromatic nitrogens is 3. The molecule has 0 aliphatic rings. The summed E-state index contributed by atoms with van der Waals surface area (Å²) in [7, 11) is 0. The number of hydrogen-bond acceptors (Lipinski definition) is 5. The van der Waals surface area contributed by atoms with Crippen molar-refractivity contribution in [2.24, 2.45) is 0 Å². The Labute approximate surface area is 157 Å². The second-order valence-electron chi connectivity index (χ2n) is 6.16. The lowest BCUT2D eigenvalue weighted by Gasteiger charge is -2.06. The highest BCUT2D eigenvalue weighted by Gasteiger charge is 2.05. The summed E-state index contributed by atoms with van der Waals surface area (Å²) in [4.78, 5) is 10.9. The molecule has 0 aliphatic carbocycles. The van der Waals surface area contributed by atoms with E-state index >= 15 is 0 Å². The lowest BCUT2D eigenvalue weighted by Crippen LogP contribution is -2.17. The summed E-state index contributed by atoms with van der Waals surface area (Å²) in [5.41, 5.74) is 3.46. The van der Waals surface area contributed by atoms with Gasteiger partial charge < -0.3 is 4.74 Å². The van der Waals surface area contributed by atoms with E-state index in [2.05, 4.69) is 10.3 Å². The number of carbonyl (C=O) groups excluding carboxylic acids is 1. The SMILES string of the molecule is O=C(CCCCCc1cn(-c2ccc(Oc3ccccc3)cc2)nn1)NO. The maximum absolute atomic E-state index is 10.9. The molecule has 7 heteroatoms. The van der Waals surface area contributed by atoms with E-state index in [-0.39, 0.29) is 5.91 Å². The monoisotopic (exact) mass is 366 g/mol. The molecule has 27 heavy (non-hydrogen) atoms. The molecule has 0 unspecified atom stereocenters. The quantitative estimate of drug-likeness (QED) is 0.343. The number of nitrogens with zero attached hydrogens (tertiary/aromatic N) is 3. The van der Waals surface area contributed by atoms with Crippen LogP contribution in [0.3, 0.4) is 0 Å². The van der Waals surface area contributed by atoms with Crippen molar-refractivity contribution >= 4 is 5.91 Å². The number of rotatable bonds is 9. The molecule has 3 rings (SSSR count). The lowest BCUT2D eigenvalue weighted by molar-refractivity contribution is -0.129. The molecule has 1 heterocycles. The van der Waals surface area contributed by atoms with Gasteiger partial charge in [0.2, 0.25) is 5.91 Å². The van der Waals surface area contributed by atoms with Crippen molar-refractivity contribution in [2.75, 3.05) is 0 Å². The fourth-order valence-corrected chi connectivity index (χ4v) is 2.66. The van der Waals surface area contributed by atoms with Crippen molar-refractivity contribution in [3.8, 4) is 17.2 Å². The fraction of sp³-hybridized carbons (Fsp3) is 0.250. The van der Waals surface area contributed by atoms with Gasteiger partial charge in [-0.15, -0.1) is 5.10 Å². The van der Waals surface area contributed by atoms with Gasteiger partial charge >= 0.3 is 0 Å². The molecule has 0 saturated carbocycles. The standard InChI is InChI=1S/C20H22N4O3/c25-20(22-26)10-6-1-3-7-16-15-24(23-21-16)17-11-13-19(14-12-17)27-18-8-4-2-5-9-18/h2,4-5,8-9,11-15,26H,1,3,6-7,10H2,(H,22,25). The van der Waals surface area contributed by atoms with Crippen molar-refractivity contribution < 1.29 is 14.7 Å². The topological polar surface area (TPSA) is 89.3 Å². The van der Waals surface area contributed by atoms with Crippen LogP contribution in [0, 0.1) is 0 Å². The molecule has 0 spiro atoms. The first-order valence-corrected chi connectivity index (χ1v) is 8.92. The first-order chi connectivity index (χ1) is 13.2. The number of aryl methyl sites for hydroxylation is 1. The van der Waals surface area contributed by atoms with Crippen LogP contribution in [0.25, 0.3) is 5.69 Å². The van der Waals surface area contributed by atoms with E-state index in [1.807, 2.05) is 60.8 Å². The second-order valence-corrected chi connectivity index (χ2v) is 6.16. The van der Waals surface area contributed by atoms with E-state index in [4.69, 9.17) is 9.94 Å². The van der Waals surface area contributed by atoms with E-state index in [1.54, 1.807) is 10.2 Å². The van der Waals surface area contributed by atoms with Gasteiger partial charge in [-0.05, 0) is 55.7 Å². The molecule has 1 amide bonds. The van der Waals surface area contributed by atoms with Crippen LogP contribution in [0.15, 0.2) is 60.8 Å².